The Morgan fingerprint density at radius 1 is 1.00 bits per heavy atom. The van der Waals surface area contributed by atoms with Gasteiger partial charge in [-0.2, -0.15) is 0 Å². The second kappa shape index (κ2) is 14.2. The van der Waals surface area contributed by atoms with Gasteiger partial charge < -0.3 is 28.6 Å². The van der Waals surface area contributed by atoms with Crippen LogP contribution in [0.1, 0.15) is 47.8 Å². The zero-order chi connectivity index (χ0) is 27.6. The van der Waals surface area contributed by atoms with Gasteiger partial charge in [0.2, 0.25) is 12.7 Å². The van der Waals surface area contributed by atoms with Gasteiger partial charge in [-0.3, -0.25) is 9.59 Å². The number of aromatic nitrogens is 1. The Morgan fingerprint density at radius 3 is 2.54 bits per heavy atom. The van der Waals surface area contributed by atoms with Gasteiger partial charge in [-0.1, -0.05) is 41.4 Å². The van der Waals surface area contributed by atoms with Crippen molar-refractivity contribution in [2.24, 2.45) is 0 Å². The maximum Gasteiger partial charge on any atom is 0.254 e. The summed E-state index contributed by atoms with van der Waals surface area (Å²) in [5.74, 6) is 0.865. The Balaban J connectivity index is 1.49. The maximum absolute atomic E-state index is 13.7. The second-order valence-electron chi connectivity index (χ2n) is 9.56. The number of fused-ring (bicyclic) bond motifs is 1. The van der Waals surface area contributed by atoms with Gasteiger partial charge in [0.1, 0.15) is 6.54 Å². The van der Waals surface area contributed by atoms with Crippen LogP contribution in [0.25, 0.3) is 0 Å². The highest BCUT2D eigenvalue weighted by molar-refractivity contribution is 9.10. The van der Waals surface area contributed by atoms with Crippen molar-refractivity contribution in [3.8, 4) is 11.5 Å². The van der Waals surface area contributed by atoms with Crippen molar-refractivity contribution in [1.82, 2.24) is 14.4 Å². The summed E-state index contributed by atoms with van der Waals surface area (Å²) in [4.78, 5) is 30.7. The summed E-state index contributed by atoms with van der Waals surface area (Å²) in [7, 11) is 1.63. The first-order valence-electron chi connectivity index (χ1n) is 13.3. The topological polar surface area (TPSA) is 73.2 Å². The highest BCUT2D eigenvalue weighted by Crippen LogP contribution is 2.32. The van der Waals surface area contributed by atoms with Gasteiger partial charge in [-0.05, 0) is 60.9 Å². The molecule has 0 N–H and O–H groups in total. The Labute approximate surface area is 238 Å². The van der Waals surface area contributed by atoms with Crippen LogP contribution < -0.4 is 9.47 Å². The van der Waals surface area contributed by atoms with Crippen LogP contribution in [0.5, 0.6) is 11.5 Å². The Kier molecular flexibility index (Phi) is 10.4. The van der Waals surface area contributed by atoms with Crippen molar-refractivity contribution in [2.45, 2.75) is 39.3 Å². The Morgan fingerprint density at radius 2 is 1.77 bits per heavy atom. The summed E-state index contributed by atoms with van der Waals surface area (Å²) >= 11 is 3.49. The summed E-state index contributed by atoms with van der Waals surface area (Å²) in [5.41, 5.74) is 2.70. The van der Waals surface area contributed by atoms with Gasteiger partial charge >= 0.3 is 0 Å². The van der Waals surface area contributed by atoms with E-state index < -0.39 is 0 Å². The average Bonchev–Trinajstić information content (AvgIpc) is 3.60. The predicted octanol–water partition coefficient (Wildman–Crippen LogP) is 5.34. The van der Waals surface area contributed by atoms with Gasteiger partial charge in [-0.25, -0.2) is 0 Å². The third kappa shape index (κ3) is 7.86. The quantitative estimate of drug-likeness (QED) is 0.235. The number of ether oxygens (including phenoxy) is 3. The molecule has 2 heterocycles. The van der Waals surface area contributed by atoms with E-state index >= 15 is 0 Å². The van der Waals surface area contributed by atoms with Crippen molar-refractivity contribution in [1.29, 1.82) is 0 Å². The number of nitrogens with zero attached hydrogens (tertiary/aromatic N) is 3. The fourth-order valence-electron chi connectivity index (χ4n) is 4.50. The molecule has 2 aromatic carbocycles. The maximum atomic E-state index is 13.7. The summed E-state index contributed by atoms with van der Waals surface area (Å²) < 4.78 is 19.3. The highest BCUT2D eigenvalue weighted by atomic mass is 79.9. The van der Waals surface area contributed by atoms with Crippen molar-refractivity contribution in [2.75, 3.05) is 40.1 Å². The molecule has 0 radical (unpaired) electrons. The standard InChI is InChI=1S/C30H36BrN3O5/c1-3-4-14-33(20-26-7-5-15-32(26)19-23-8-11-25(31)12-9-23)29(35)21-34(16-6-17-37-2)30(36)24-10-13-27-28(18-24)39-22-38-27/h5,7-13,15,18H,3-4,6,14,16-17,19-22H2,1-2H3. The monoisotopic (exact) mass is 597 g/mol. The summed E-state index contributed by atoms with van der Waals surface area (Å²) in [6, 6.07) is 17.4. The first kappa shape index (κ1) is 28.7. The molecule has 3 aromatic rings. The molecule has 39 heavy (non-hydrogen) atoms. The number of methoxy groups -OCH3 is 1. The van der Waals surface area contributed by atoms with Gasteiger partial charge in [0, 0.05) is 55.3 Å². The minimum absolute atomic E-state index is 0.00583. The van der Waals surface area contributed by atoms with Crippen LogP contribution in [-0.4, -0.2) is 66.3 Å². The average molecular weight is 599 g/mol. The lowest BCUT2D eigenvalue weighted by Crippen LogP contribution is -2.43. The lowest BCUT2D eigenvalue weighted by Gasteiger charge is -2.28. The molecular formula is C30H36BrN3O5. The van der Waals surface area contributed by atoms with E-state index in [1.165, 1.54) is 5.56 Å². The van der Waals surface area contributed by atoms with E-state index in [4.69, 9.17) is 14.2 Å². The molecule has 8 nitrogen and oxygen atoms in total. The Bertz CT molecular complexity index is 1240. The minimum atomic E-state index is -0.216. The largest absolute Gasteiger partial charge is 0.454 e. The highest BCUT2D eigenvalue weighted by Gasteiger charge is 2.25. The van der Waals surface area contributed by atoms with E-state index in [2.05, 4.69) is 45.6 Å². The van der Waals surface area contributed by atoms with E-state index in [9.17, 15) is 9.59 Å². The van der Waals surface area contributed by atoms with Crippen molar-refractivity contribution in [3.05, 3.63) is 82.1 Å². The number of rotatable bonds is 14. The van der Waals surface area contributed by atoms with E-state index in [1.54, 1.807) is 30.2 Å². The summed E-state index contributed by atoms with van der Waals surface area (Å²) in [6.45, 7) is 4.98. The molecule has 0 bridgehead atoms. The number of hydrogen-bond donors (Lipinski definition) is 0. The number of halogens is 1. The number of benzene rings is 2. The number of hydrogen-bond acceptors (Lipinski definition) is 5. The molecule has 1 aliphatic heterocycles. The van der Waals surface area contributed by atoms with E-state index in [1.807, 2.05) is 29.3 Å². The molecule has 1 aliphatic rings. The van der Waals surface area contributed by atoms with E-state index in [0.29, 0.717) is 49.7 Å². The molecule has 0 spiro atoms. The van der Waals surface area contributed by atoms with Crippen LogP contribution in [-0.2, 0) is 22.6 Å². The first-order chi connectivity index (χ1) is 19.0. The van der Waals surface area contributed by atoms with Gasteiger partial charge in [0.25, 0.3) is 5.91 Å². The summed E-state index contributed by atoms with van der Waals surface area (Å²) in [6.07, 6.45) is 4.53. The molecule has 0 saturated carbocycles. The fraction of sp³-hybridized carbons (Fsp3) is 0.400. The molecule has 4 rings (SSSR count). The second-order valence-corrected chi connectivity index (χ2v) is 10.5. The third-order valence-corrected chi connectivity index (χ3v) is 7.21. The molecule has 2 amide bonds. The lowest BCUT2D eigenvalue weighted by molar-refractivity contribution is -0.132. The SMILES string of the molecule is CCCCN(Cc1cccn1Cc1ccc(Br)cc1)C(=O)CN(CCCOC)C(=O)c1ccc2c(c1)OCO2. The number of carbonyl (C=O) groups excluding carboxylic acids is 2. The number of carbonyl (C=O) groups is 2. The summed E-state index contributed by atoms with van der Waals surface area (Å²) in [5, 5.41) is 0. The third-order valence-electron chi connectivity index (χ3n) is 6.69. The van der Waals surface area contributed by atoms with Crippen LogP contribution >= 0.6 is 15.9 Å². The number of amides is 2. The van der Waals surface area contributed by atoms with Crippen LogP contribution in [0.3, 0.4) is 0 Å². The van der Waals surface area contributed by atoms with Gasteiger partial charge in [-0.15, -0.1) is 0 Å². The van der Waals surface area contributed by atoms with Gasteiger partial charge in [0.15, 0.2) is 11.5 Å². The molecule has 0 saturated heterocycles. The fourth-order valence-corrected chi connectivity index (χ4v) is 4.76. The smallest absolute Gasteiger partial charge is 0.254 e. The zero-order valence-electron chi connectivity index (χ0n) is 22.6. The molecule has 0 aliphatic carbocycles. The van der Waals surface area contributed by atoms with Crippen LogP contribution in [0.2, 0.25) is 0 Å². The molecule has 1 aromatic heterocycles. The minimum Gasteiger partial charge on any atom is -0.454 e. The van der Waals surface area contributed by atoms with E-state index in [0.717, 1.165) is 29.6 Å². The van der Waals surface area contributed by atoms with Crippen molar-refractivity contribution >= 4 is 27.7 Å². The van der Waals surface area contributed by atoms with E-state index in [-0.39, 0.29) is 25.2 Å². The van der Waals surface area contributed by atoms with Crippen LogP contribution in [0, 0.1) is 0 Å². The molecule has 0 fully saturated rings. The molecule has 208 valence electrons. The Hall–Kier alpha value is -3.30. The zero-order valence-corrected chi connectivity index (χ0v) is 24.2. The van der Waals surface area contributed by atoms with Crippen LogP contribution in [0.4, 0.5) is 0 Å². The predicted molar refractivity (Wildman–Crippen MR) is 153 cm³/mol. The molecule has 9 heteroatoms. The van der Waals surface area contributed by atoms with Gasteiger partial charge in [0.05, 0.1) is 6.54 Å². The van der Waals surface area contributed by atoms with Crippen molar-refractivity contribution in [3.63, 3.8) is 0 Å². The molecule has 0 unspecified atom stereocenters. The first-order valence-corrected chi connectivity index (χ1v) is 14.1. The molecule has 0 atom stereocenters. The number of unbranched alkanes of at least 4 members (excludes halogenated alkanes) is 1. The van der Waals surface area contributed by atoms with Crippen molar-refractivity contribution < 1.29 is 23.8 Å². The van der Waals surface area contributed by atoms with Crippen LogP contribution in [0.15, 0.2) is 65.3 Å². The normalized spacial score (nSPS) is 12.0. The lowest BCUT2D eigenvalue weighted by atomic mass is 10.1. The molecular weight excluding hydrogens is 562 g/mol.